The summed E-state index contributed by atoms with van der Waals surface area (Å²) in [6, 6.07) is 26.2. The molecular weight excluding hydrogens is 504 g/mol. The number of para-hydroxylation sites is 1. The summed E-state index contributed by atoms with van der Waals surface area (Å²) in [7, 11) is 0. The van der Waals surface area contributed by atoms with Crippen LogP contribution in [0, 0.1) is 0 Å². The van der Waals surface area contributed by atoms with Gasteiger partial charge >= 0.3 is 0 Å². The van der Waals surface area contributed by atoms with Crippen LogP contribution in [0.3, 0.4) is 0 Å². The first-order chi connectivity index (χ1) is 19.5. The van der Waals surface area contributed by atoms with Gasteiger partial charge in [0.1, 0.15) is 23.0 Å². The molecule has 1 N–H and O–H groups in total. The van der Waals surface area contributed by atoms with Crippen molar-refractivity contribution >= 4 is 17.4 Å². The first-order valence-electron chi connectivity index (χ1n) is 13.3. The second-order valence-electron chi connectivity index (χ2n) is 9.50. The van der Waals surface area contributed by atoms with Gasteiger partial charge in [-0.25, -0.2) is 0 Å². The Morgan fingerprint density at radius 2 is 1.60 bits per heavy atom. The van der Waals surface area contributed by atoms with E-state index in [1.54, 1.807) is 54.9 Å². The molecule has 7 heteroatoms. The fraction of sp³-hybridized carbons (Fsp3) is 0.182. The molecule has 1 amide bonds. The number of benzene rings is 3. The molecule has 202 valence electrons. The lowest BCUT2D eigenvalue weighted by Crippen LogP contribution is -2.29. The Hall–Kier alpha value is -4.91. The van der Waals surface area contributed by atoms with Gasteiger partial charge in [0.2, 0.25) is 0 Å². The molecule has 1 saturated heterocycles. The molecule has 1 atom stereocenters. The summed E-state index contributed by atoms with van der Waals surface area (Å²) in [6.45, 7) is 2.86. The molecule has 5 rings (SSSR count). The quantitative estimate of drug-likeness (QED) is 0.106. The highest BCUT2D eigenvalue weighted by Crippen LogP contribution is 2.41. The minimum atomic E-state index is -0.826. The first kappa shape index (κ1) is 26.7. The molecule has 1 aliphatic heterocycles. The van der Waals surface area contributed by atoms with Crippen LogP contribution in [0.4, 0.5) is 0 Å². The molecule has 0 bridgehead atoms. The number of nitrogens with zero attached hydrogens (tertiary/aromatic N) is 2. The first-order valence-corrected chi connectivity index (χ1v) is 13.3. The van der Waals surface area contributed by atoms with E-state index in [0.29, 0.717) is 35.0 Å². The fourth-order valence-electron chi connectivity index (χ4n) is 4.65. The molecule has 7 nitrogen and oxygen atoms in total. The number of aliphatic hydroxyl groups is 1. The van der Waals surface area contributed by atoms with Gasteiger partial charge in [-0.1, -0.05) is 43.7 Å². The molecule has 0 saturated carbocycles. The number of hydrogen-bond donors (Lipinski definition) is 1. The second-order valence-corrected chi connectivity index (χ2v) is 9.50. The Balaban J connectivity index is 1.54. The van der Waals surface area contributed by atoms with Crippen LogP contribution < -0.4 is 9.47 Å². The van der Waals surface area contributed by atoms with Crippen LogP contribution in [-0.2, 0) is 16.1 Å². The average Bonchev–Trinajstić information content (AvgIpc) is 3.23. The molecule has 0 unspecified atom stereocenters. The highest BCUT2D eigenvalue weighted by atomic mass is 16.5. The van der Waals surface area contributed by atoms with Crippen LogP contribution in [0.2, 0.25) is 0 Å². The summed E-state index contributed by atoms with van der Waals surface area (Å²) in [5, 5.41) is 11.4. The summed E-state index contributed by atoms with van der Waals surface area (Å²) in [4.78, 5) is 32.4. The fourth-order valence-corrected chi connectivity index (χ4v) is 4.65. The Kier molecular flexibility index (Phi) is 8.21. The van der Waals surface area contributed by atoms with Crippen LogP contribution in [0.5, 0.6) is 17.2 Å². The molecule has 0 radical (unpaired) electrons. The zero-order valence-electron chi connectivity index (χ0n) is 22.2. The maximum absolute atomic E-state index is 13.4. The van der Waals surface area contributed by atoms with Crippen molar-refractivity contribution < 1.29 is 24.2 Å². The third kappa shape index (κ3) is 5.89. The number of aromatic nitrogens is 1. The van der Waals surface area contributed by atoms with E-state index in [2.05, 4.69) is 11.9 Å². The number of unbranched alkanes of at least 4 members (excludes halogenated alkanes) is 1. The van der Waals surface area contributed by atoms with Gasteiger partial charge in [-0.05, 0) is 78.2 Å². The van der Waals surface area contributed by atoms with Gasteiger partial charge < -0.3 is 19.5 Å². The molecule has 1 aromatic heterocycles. The third-order valence-electron chi connectivity index (χ3n) is 6.69. The van der Waals surface area contributed by atoms with Gasteiger partial charge in [0.05, 0.1) is 18.2 Å². The molecule has 2 heterocycles. The lowest BCUT2D eigenvalue weighted by atomic mass is 9.95. The van der Waals surface area contributed by atoms with Crippen molar-refractivity contribution in [1.29, 1.82) is 0 Å². The van der Waals surface area contributed by atoms with Crippen molar-refractivity contribution in [3.63, 3.8) is 0 Å². The summed E-state index contributed by atoms with van der Waals surface area (Å²) in [5.41, 5.74) is 1.90. The summed E-state index contributed by atoms with van der Waals surface area (Å²) in [5.74, 6) is 0.213. The third-order valence-corrected chi connectivity index (χ3v) is 6.69. The normalized spacial score (nSPS) is 16.2. The number of ketones is 1. The number of rotatable bonds is 10. The Labute approximate surface area is 233 Å². The number of ether oxygens (including phenoxy) is 2. The van der Waals surface area contributed by atoms with Crippen molar-refractivity contribution in [2.75, 3.05) is 6.61 Å². The molecule has 0 aliphatic carbocycles. The molecule has 40 heavy (non-hydrogen) atoms. The van der Waals surface area contributed by atoms with Crippen molar-refractivity contribution in [2.45, 2.75) is 32.4 Å². The second kappa shape index (κ2) is 12.3. The minimum Gasteiger partial charge on any atom is -0.507 e. The smallest absolute Gasteiger partial charge is 0.295 e. The van der Waals surface area contributed by atoms with E-state index in [1.165, 1.54) is 4.90 Å². The van der Waals surface area contributed by atoms with E-state index in [-0.39, 0.29) is 17.9 Å². The van der Waals surface area contributed by atoms with Gasteiger partial charge in [-0.3, -0.25) is 14.6 Å². The number of likely N-dealkylation sites (tertiary alicyclic amines) is 1. The summed E-state index contributed by atoms with van der Waals surface area (Å²) < 4.78 is 11.8. The van der Waals surface area contributed by atoms with E-state index < -0.39 is 17.7 Å². The number of amides is 1. The van der Waals surface area contributed by atoms with E-state index in [1.807, 2.05) is 48.5 Å². The van der Waals surface area contributed by atoms with Crippen LogP contribution in [0.15, 0.2) is 109 Å². The highest BCUT2D eigenvalue weighted by Gasteiger charge is 2.46. The Morgan fingerprint density at radius 1 is 0.875 bits per heavy atom. The van der Waals surface area contributed by atoms with E-state index in [9.17, 15) is 14.7 Å². The molecule has 0 spiro atoms. The van der Waals surface area contributed by atoms with E-state index in [4.69, 9.17) is 9.47 Å². The van der Waals surface area contributed by atoms with Crippen LogP contribution in [-0.4, -0.2) is 33.3 Å². The minimum absolute atomic E-state index is 0.0237. The van der Waals surface area contributed by atoms with Crippen molar-refractivity contribution in [3.8, 4) is 17.2 Å². The molecule has 1 aliphatic rings. The number of hydrogen-bond acceptors (Lipinski definition) is 6. The number of aliphatic hydroxyl groups excluding tert-OH is 1. The zero-order chi connectivity index (χ0) is 27.9. The number of pyridine rings is 1. The molecule has 1 fully saturated rings. The maximum Gasteiger partial charge on any atom is 0.295 e. The predicted molar refractivity (Wildman–Crippen MR) is 152 cm³/mol. The Morgan fingerprint density at radius 3 is 2.33 bits per heavy atom. The van der Waals surface area contributed by atoms with Crippen molar-refractivity contribution in [1.82, 2.24) is 9.88 Å². The Bertz CT molecular complexity index is 1500. The van der Waals surface area contributed by atoms with Gasteiger partial charge in [-0.2, -0.15) is 0 Å². The number of Topliss-reactive ketones (excluding diaryl/α,β-unsaturated/α-hetero) is 1. The topological polar surface area (TPSA) is 89.0 Å². The van der Waals surface area contributed by atoms with E-state index in [0.717, 1.165) is 18.4 Å². The lowest BCUT2D eigenvalue weighted by Gasteiger charge is -2.25. The van der Waals surface area contributed by atoms with Crippen LogP contribution in [0.25, 0.3) is 5.76 Å². The maximum atomic E-state index is 13.4. The van der Waals surface area contributed by atoms with Gasteiger partial charge in [0.25, 0.3) is 11.7 Å². The zero-order valence-corrected chi connectivity index (χ0v) is 22.2. The standard InChI is InChI=1S/C33H30N2O5/c1-2-3-20-39-26-14-12-24(13-15-26)31(36)29-30(35(33(38)32(29)37)22-23-16-18-34-19-17-23)25-8-7-11-28(21-25)40-27-9-5-4-6-10-27/h4-19,21,30,36H,2-3,20,22H2,1H3/t30-/m0/s1. The van der Waals surface area contributed by atoms with Crippen LogP contribution in [0.1, 0.15) is 42.5 Å². The largest absolute Gasteiger partial charge is 0.507 e. The number of carbonyl (C=O) groups is 2. The van der Waals surface area contributed by atoms with Gasteiger partial charge in [-0.15, -0.1) is 0 Å². The monoisotopic (exact) mass is 534 g/mol. The summed E-state index contributed by atoms with van der Waals surface area (Å²) >= 11 is 0. The lowest BCUT2D eigenvalue weighted by molar-refractivity contribution is -0.140. The molecular formula is C33H30N2O5. The molecule has 3 aromatic carbocycles. The van der Waals surface area contributed by atoms with Gasteiger partial charge in [0.15, 0.2) is 0 Å². The number of carbonyl (C=O) groups excluding carboxylic acids is 2. The SMILES string of the molecule is CCCCOc1ccc(C(O)=C2C(=O)C(=O)N(Cc3ccncc3)[C@H]2c2cccc(Oc3ccccc3)c2)cc1. The highest BCUT2D eigenvalue weighted by molar-refractivity contribution is 6.46. The van der Waals surface area contributed by atoms with E-state index >= 15 is 0 Å². The van der Waals surface area contributed by atoms with Crippen LogP contribution >= 0.6 is 0 Å². The summed E-state index contributed by atoms with van der Waals surface area (Å²) in [6.07, 6.45) is 5.24. The predicted octanol–water partition coefficient (Wildman–Crippen LogP) is 6.67. The van der Waals surface area contributed by atoms with Crippen molar-refractivity contribution in [3.05, 3.63) is 126 Å². The average molecular weight is 535 g/mol. The molecule has 4 aromatic rings. The van der Waals surface area contributed by atoms with Gasteiger partial charge in [0, 0.05) is 24.5 Å². The van der Waals surface area contributed by atoms with Crippen molar-refractivity contribution in [2.24, 2.45) is 0 Å².